The molecule has 0 fully saturated rings. The molecule has 148 valence electrons. The number of rotatable bonds is 8. The van der Waals surface area contributed by atoms with Crippen LogP contribution in [-0.4, -0.2) is 13.9 Å². The average Bonchev–Trinajstić information content (AvgIpc) is 2.66. The van der Waals surface area contributed by atoms with Crippen LogP contribution in [0.3, 0.4) is 0 Å². The van der Waals surface area contributed by atoms with Crippen LogP contribution in [0.1, 0.15) is 65.5 Å². The van der Waals surface area contributed by atoms with E-state index in [-0.39, 0.29) is 17.6 Å². The molecule has 0 spiro atoms. The van der Waals surface area contributed by atoms with E-state index >= 15 is 0 Å². The van der Waals surface area contributed by atoms with Gasteiger partial charge in [-0.15, -0.1) is 0 Å². The number of ether oxygens (including phenoxy) is 2. The van der Waals surface area contributed by atoms with Crippen LogP contribution in [0.5, 0.6) is 5.75 Å². The minimum absolute atomic E-state index is 0.0364. The predicted molar refractivity (Wildman–Crippen MR) is 119 cm³/mol. The Morgan fingerprint density at radius 3 is 2.04 bits per heavy atom. The maximum Gasteiger partial charge on any atom is 0.188 e. The van der Waals surface area contributed by atoms with Crippen molar-refractivity contribution >= 4 is 15.9 Å². The molecule has 2 rings (SSSR count). The van der Waals surface area contributed by atoms with E-state index in [1.165, 1.54) is 11.1 Å². The average molecular weight is 433 g/mol. The van der Waals surface area contributed by atoms with E-state index < -0.39 is 0 Å². The summed E-state index contributed by atoms with van der Waals surface area (Å²) in [6, 6.07) is 12.8. The van der Waals surface area contributed by atoms with Crippen LogP contribution in [0, 0.1) is 0 Å². The van der Waals surface area contributed by atoms with Gasteiger partial charge < -0.3 is 9.47 Å². The number of halogens is 1. The normalized spacial score (nSPS) is 12.3. The van der Waals surface area contributed by atoms with Gasteiger partial charge in [0.25, 0.3) is 0 Å². The Balaban J connectivity index is 2.92. The van der Waals surface area contributed by atoms with Crippen molar-refractivity contribution in [2.75, 3.05) is 13.9 Å². The van der Waals surface area contributed by atoms with Gasteiger partial charge in [0.1, 0.15) is 5.75 Å². The zero-order valence-electron chi connectivity index (χ0n) is 17.8. The van der Waals surface area contributed by atoms with Crippen molar-refractivity contribution in [1.29, 1.82) is 0 Å². The molecule has 2 nitrogen and oxygen atoms in total. The van der Waals surface area contributed by atoms with Crippen molar-refractivity contribution in [1.82, 2.24) is 0 Å². The second-order valence-corrected chi connectivity index (χ2v) is 9.17. The molecular weight excluding hydrogens is 400 g/mol. The lowest BCUT2D eigenvalue weighted by molar-refractivity contribution is 0.0500. The summed E-state index contributed by atoms with van der Waals surface area (Å²) in [6.07, 6.45) is 2.07. The lowest BCUT2D eigenvalue weighted by Gasteiger charge is -2.34. The summed E-state index contributed by atoms with van der Waals surface area (Å²) in [4.78, 5) is 0. The van der Waals surface area contributed by atoms with Crippen LogP contribution in [0.4, 0.5) is 0 Å². The van der Waals surface area contributed by atoms with Crippen LogP contribution in [-0.2, 0) is 15.6 Å². The van der Waals surface area contributed by atoms with E-state index in [4.69, 9.17) is 9.47 Å². The molecule has 0 aromatic heterocycles. The molecule has 27 heavy (non-hydrogen) atoms. The van der Waals surface area contributed by atoms with Crippen LogP contribution < -0.4 is 4.74 Å². The molecule has 0 radical (unpaired) electrons. The van der Waals surface area contributed by atoms with Gasteiger partial charge in [0, 0.05) is 22.7 Å². The number of methoxy groups -OCH3 is 1. The fourth-order valence-corrected chi connectivity index (χ4v) is 4.57. The SMILES string of the molecule is CCC(C)(C)c1cc(-c2ccccc2)c(OCOC)c(C(C)(C)CC)c1Br. The van der Waals surface area contributed by atoms with Crippen LogP contribution >= 0.6 is 15.9 Å². The van der Waals surface area contributed by atoms with Gasteiger partial charge in [0.05, 0.1) is 0 Å². The summed E-state index contributed by atoms with van der Waals surface area (Å²) < 4.78 is 12.6. The first-order valence-corrected chi connectivity index (χ1v) is 10.5. The Labute approximate surface area is 173 Å². The number of hydrogen-bond acceptors (Lipinski definition) is 2. The van der Waals surface area contributed by atoms with E-state index in [1.807, 2.05) is 6.07 Å². The third-order valence-corrected chi connectivity index (χ3v) is 6.62. The first kappa shape index (κ1) is 22.0. The quantitative estimate of drug-likeness (QED) is 0.402. The Bertz CT molecular complexity index is 764. The molecule has 0 amide bonds. The van der Waals surface area contributed by atoms with E-state index in [9.17, 15) is 0 Å². The lowest BCUT2D eigenvalue weighted by atomic mass is 9.74. The van der Waals surface area contributed by atoms with Gasteiger partial charge in [-0.05, 0) is 40.9 Å². The van der Waals surface area contributed by atoms with E-state index in [1.54, 1.807) is 7.11 Å². The minimum atomic E-state index is -0.0364. The summed E-state index contributed by atoms with van der Waals surface area (Å²) in [5.74, 6) is 0.914. The van der Waals surface area contributed by atoms with Gasteiger partial charge in [0.2, 0.25) is 0 Å². The summed E-state index contributed by atoms with van der Waals surface area (Å²) in [5.41, 5.74) is 4.86. The largest absolute Gasteiger partial charge is 0.467 e. The highest BCUT2D eigenvalue weighted by molar-refractivity contribution is 9.10. The first-order chi connectivity index (χ1) is 12.7. The van der Waals surface area contributed by atoms with Crippen molar-refractivity contribution in [2.45, 2.75) is 65.2 Å². The topological polar surface area (TPSA) is 18.5 Å². The second kappa shape index (κ2) is 8.79. The van der Waals surface area contributed by atoms with E-state index in [2.05, 4.69) is 87.8 Å². The summed E-state index contributed by atoms with van der Waals surface area (Å²) in [5, 5.41) is 0. The molecule has 0 atom stereocenters. The molecule has 0 aliphatic heterocycles. The summed E-state index contributed by atoms with van der Waals surface area (Å²) in [7, 11) is 1.66. The van der Waals surface area contributed by atoms with Gasteiger partial charge in [-0.3, -0.25) is 0 Å². The minimum Gasteiger partial charge on any atom is -0.467 e. The Morgan fingerprint density at radius 2 is 1.52 bits per heavy atom. The van der Waals surface area contributed by atoms with Crippen LogP contribution in [0.25, 0.3) is 11.1 Å². The fraction of sp³-hybridized carbons (Fsp3) is 0.500. The summed E-state index contributed by atoms with van der Waals surface area (Å²) >= 11 is 3.96. The number of hydrogen-bond donors (Lipinski definition) is 0. The van der Waals surface area contributed by atoms with Crippen molar-refractivity contribution in [3.63, 3.8) is 0 Å². The Kier molecular flexibility index (Phi) is 7.15. The van der Waals surface area contributed by atoms with Crippen molar-refractivity contribution < 1.29 is 9.47 Å². The first-order valence-electron chi connectivity index (χ1n) is 9.74. The van der Waals surface area contributed by atoms with Gasteiger partial charge in [-0.25, -0.2) is 0 Å². The molecule has 2 aromatic rings. The molecule has 0 unspecified atom stereocenters. The van der Waals surface area contributed by atoms with Crippen molar-refractivity contribution in [3.05, 3.63) is 52.0 Å². The highest BCUT2D eigenvalue weighted by Crippen LogP contribution is 2.49. The fourth-order valence-electron chi connectivity index (χ4n) is 3.21. The third-order valence-electron chi connectivity index (χ3n) is 5.80. The molecule has 0 bridgehead atoms. The highest BCUT2D eigenvalue weighted by atomic mass is 79.9. The van der Waals surface area contributed by atoms with E-state index in [0.717, 1.165) is 34.2 Å². The molecule has 0 aliphatic carbocycles. The van der Waals surface area contributed by atoms with Gasteiger partial charge in [-0.1, -0.05) is 87.8 Å². The molecule has 0 aliphatic rings. The summed E-state index contributed by atoms with van der Waals surface area (Å²) in [6.45, 7) is 13.9. The van der Waals surface area contributed by atoms with Gasteiger partial charge >= 0.3 is 0 Å². The van der Waals surface area contributed by atoms with Gasteiger partial charge in [0.15, 0.2) is 6.79 Å². The molecule has 0 heterocycles. The maximum absolute atomic E-state index is 6.19. The molecule has 2 aromatic carbocycles. The van der Waals surface area contributed by atoms with Crippen molar-refractivity contribution in [2.24, 2.45) is 0 Å². The Morgan fingerprint density at radius 1 is 0.926 bits per heavy atom. The second-order valence-electron chi connectivity index (χ2n) is 8.38. The Hall–Kier alpha value is -1.32. The van der Waals surface area contributed by atoms with Crippen molar-refractivity contribution in [3.8, 4) is 16.9 Å². The zero-order valence-corrected chi connectivity index (χ0v) is 19.4. The van der Waals surface area contributed by atoms with Crippen LogP contribution in [0.15, 0.2) is 40.9 Å². The molecule has 0 N–H and O–H groups in total. The molecule has 3 heteroatoms. The van der Waals surface area contributed by atoms with Gasteiger partial charge in [-0.2, -0.15) is 0 Å². The van der Waals surface area contributed by atoms with Crippen LogP contribution in [0.2, 0.25) is 0 Å². The molecule has 0 saturated heterocycles. The number of benzene rings is 2. The monoisotopic (exact) mass is 432 g/mol. The highest BCUT2D eigenvalue weighted by Gasteiger charge is 2.33. The smallest absolute Gasteiger partial charge is 0.188 e. The maximum atomic E-state index is 6.19. The lowest BCUT2D eigenvalue weighted by Crippen LogP contribution is -2.23. The zero-order chi connectivity index (χ0) is 20.2. The predicted octanol–water partition coefficient (Wildman–Crippen LogP) is 7.47. The molecule has 0 saturated carbocycles. The van der Waals surface area contributed by atoms with E-state index in [0.29, 0.717) is 0 Å². The molecular formula is C24H33BrO2. The third kappa shape index (κ3) is 4.57. The standard InChI is InChI=1S/C24H33BrO2/c1-8-23(3,4)19-15-18(17-13-11-10-12-14-17)22(27-16-26-7)20(21(19)25)24(5,6)9-2/h10-15H,8-9,16H2,1-7H3.